The van der Waals surface area contributed by atoms with Gasteiger partial charge in [0.05, 0.1) is 17.4 Å². The number of rotatable bonds is 13. The molecule has 3 aromatic carbocycles. The molecule has 1 aromatic heterocycles. The van der Waals surface area contributed by atoms with Crippen LogP contribution in [-0.2, 0) is 14.2 Å². The van der Waals surface area contributed by atoms with Crippen LogP contribution in [0.2, 0.25) is 5.28 Å². The Labute approximate surface area is 233 Å². The van der Waals surface area contributed by atoms with Gasteiger partial charge in [-0.2, -0.15) is 0 Å². The largest absolute Gasteiger partial charge is 0.390 e. The number of ether oxygens (including phenoxy) is 2. The lowest BCUT2D eigenvalue weighted by molar-refractivity contribution is -0.0954. The molecular weight excluding hydrogens is 518 g/mol. The van der Waals surface area contributed by atoms with Crippen LogP contribution in [0.1, 0.15) is 16.7 Å². The fourth-order valence-electron chi connectivity index (χ4n) is 4.49. The lowest BCUT2D eigenvalue weighted by Crippen LogP contribution is -2.41. The molecule has 0 saturated heterocycles. The zero-order valence-electron chi connectivity index (χ0n) is 21.5. The van der Waals surface area contributed by atoms with Crippen LogP contribution in [0.15, 0.2) is 103 Å². The summed E-state index contributed by atoms with van der Waals surface area (Å²) < 4.78 is 10.3. The minimum atomic E-state index is -0.696. The maximum absolute atomic E-state index is 11.4. The van der Waals surface area contributed by atoms with Gasteiger partial charge in [-0.3, -0.25) is 0 Å². The third-order valence-electron chi connectivity index (χ3n) is 6.30. The Kier molecular flexibility index (Phi) is 10.1. The minimum Gasteiger partial charge on any atom is -0.390 e. The summed E-state index contributed by atoms with van der Waals surface area (Å²) in [6, 6.07) is 33.1. The Morgan fingerprint density at radius 2 is 1.32 bits per heavy atom. The highest BCUT2D eigenvalue weighted by molar-refractivity contribution is 8.00. The number of hydrogen-bond acceptors (Lipinski definition) is 7. The van der Waals surface area contributed by atoms with Crippen LogP contribution in [0.25, 0.3) is 0 Å². The number of hydrogen-bond donors (Lipinski definition) is 1. The van der Waals surface area contributed by atoms with Gasteiger partial charge in [0.15, 0.2) is 6.29 Å². The van der Waals surface area contributed by atoms with Gasteiger partial charge in [0.2, 0.25) is 5.28 Å². The van der Waals surface area contributed by atoms with Crippen LogP contribution in [0.4, 0.5) is 5.82 Å². The van der Waals surface area contributed by atoms with Gasteiger partial charge >= 0.3 is 0 Å². The first-order valence-electron chi connectivity index (χ1n) is 12.3. The van der Waals surface area contributed by atoms with Gasteiger partial charge in [-0.1, -0.05) is 91.0 Å². The van der Waals surface area contributed by atoms with E-state index in [1.165, 1.54) is 0 Å². The first kappa shape index (κ1) is 28.1. The lowest BCUT2D eigenvalue weighted by atomic mass is 9.84. The fraction of sp³-hybridized carbons (Fsp3) is 0.267. The van der Waals surface area contributed by atoms with Gasteiger partial charge in [-0.15, -0.1) is 11.8 Å². The van der Waals surface area contributed by atoms with E-state index < -0.39 is 17.1 Å². The molecule has 6 nitrogen and oxygen atoms in total. The van der Waals surface area contributed by atoms with Crippen LogP contribution in [0.5, 0.6) is 0 Å². The zero-order valence-corrected chi connectivity index (χ0v) is 23.1. The van der Waals surface area contributed by atoms with Crippen molar-refractivity contribution in [1.29, 1.82) is 0 Å². The molecule has 0 aliphatic heterocycles. The van der Waals surface area contributed by atoms with Gasteiger partial charge in [0, 0.05) is 32.7 Å². The topological polar surface area (TPSA) is 67.7 Å². The van der Waals surface area contributed by atoms with Crippen LogP contribution >= 0.6 is 23.4 Å². The molecule has 1 N–H and O–H groups in total. The van der Waals surface area contributed by atoms with Crippen molar-refractivity contribution in [1.82, 2.24) is 9.97 Å². The summed E-state index contributed by atoms with van der Waals surface area (Å²) in [5, 5.41) is 11.5. The molecule has 0 fully saturated rings. The van der Waals surface area contributed by atoms with Crippen LogP contribution in [-0.4, -0.2) is 60.5 Å². The highest BCUT2D eigenvalue weighted by atomic mass is 35.5. The van der Waals surface area contributed by atoms with Crippen molar-refractivity contribution in [3.8, 4) is 0 Å². The summed E-state index contributed by atoms with van der Waals surface area (Å²) in [4.78, 5) is 10.2. The van der Waals surface area contributed by atoms with Crippen molar-refractivity contribution in [3.05, 3.63) is 125 Å². The summed E-state index contributed by atoms with van der Waals surface area (Å²) in [6.45, 7) is 0.668. The van der Waals surface area contributed by atoms with Gasteiger partial charge in [0.1, 0.15) is 5.82 Å². The van der Waals surface area contributed by atoms with Gasteiger partial charge in [-0.25, -0.2) is 9.97 Å². The fourth-order valence-corrected chi connectivity index (χ4v) is 6.08. The van der Waals surface area contributed by atoms with E-state index in [2.05, 4.69) is 82.8 Å². The van der Waals surface area contributed by atoms with Crippen molar-refractivity contribution in [2.24, 2.45) is 0 Å². The first-order chi connectivity index (χ1) is 18.6. The molecule has 198 valence electrons. The number of benzene rings is 3. The van der Waals surface area contributed by atoms with Gasteiger partial charge in [-0.05, 0) is 34.4 Å². The quantitative estimate of drug-likeness (QED) is 0.131. The van der Waals surface area contributed by atoms with E-state index in [1.807, 2.05) is 23.1 Å². The summed E-state index contributed by atoms with van der Waals surface area (Å²) in [5.74, 6) is 1.05. The smallest absolute Gasteiger partial charge is 0.224 e. The van der Waals surface area contributed by atoms with E-state index in [9.17, 15) is 5.11 Å². The third kappa shape index (κ3) is 6.73. The van der Waals surface area contributed by atoms with Crippen LogP contribution < -0.4 is 4.90 Å². The summed E-state index contributed by atoms with van der Waals surface area (Å²) in [6.07, 6.45) is 0.401. The van der Waals surface area contributed by atoms with Crippen molar-refractivity contribution in [2.45, 2.75) is 17.1 Å². The Bertz CT molecular complexity index is 1150. The first-order valence-corrected chi connectivity index (χ1v) is 13.7. The molecule has 0 aliphatic carbocycles. The molecule has 8 heteroatoms. The number of aliphatic hydroxyl groups is 1. The Morgan fingerprint density at radius 1 is 0.816 bits per heavy atom. The predicted molar refractivity (Wildman–Crippen MR) is 155 cm³/mol. The minimum absolute atomic E-state index is 0.138. The molecule has 0 aliphatic rings. The van der Waals surface area contributed by atoms with E-state index in [-0.39, 0.29) is 5.28 Å². The second kappa shape index (κ2) is 13.7. The maximum atomic E-state index is 11.4. The van der Waals surface area contributed by atoms with E-state index in [0.717, 1.165) is 16.7 Å². The lowest BCUT2D eigenvalue weighted by Gasteiger charge is -2.36. The summed E-state index contributed by atoms with van der Waals surface area (Å²) in [7, 11) is 3.17. The molecule has 1 heterocycles. The van der Waals surface area contributed by atoms with E-state index in [0.29, 0.717) is 24.7 Å². The van der Waals surface area contributed by atoms with Crippen LogP contribution in [0.3, 0.4) is 0 Å². The average molecular weight is 550 g/mol. The number of aliphatic hydroxyl groups excluding tert-OH is 1. The zero-order chi connectivity index (χ0) is 26.8. The Balaban J connectivity index is 1.66. The number of methoxy groups -OCH3 is 2. The number of anilines is 1. The molecule has 0 saturated carbocycles. The maximum Gasteiger partial charge on any atom is 0.224 e. The molecule has 4 aromatic rings. The normalized spacial score (nSPS) is 12.4. The highest BCUT2D eigenvalue weighted by Crippen LogP contribution is 2.48. The molecule has 0 amide bonds. The molecule has 1 unspecified atom stereocenters. The van der Waals surface area contributed by atoms with E-state index in [1.54, 1.807) is 38.2 Å². The van der Waals surface area contributed by atoms with E-state index in [4.69, 9.17) is 21.1 Å². The van der Waals surface area contributed by atoms with Crippen molar-refractivity contribution in [2.75, 3.05) is 38.0 Å². The number of thioether (sulfide) groups is 1. The second-order valence-electron chi connectivity index (χ2n) is 8.73. The average Bonchev–Trinajstić information content (AvgIpc) is 2.97. The Hall–Kier alpha value is -2.94. The SMILES string of the molecule is COC(CN(CC(O)CSC(c1ccccc1)(c1ccccc1)c1ccccc1)c1ccnc(Cl)n1)OC. The van der Waals surface area contributed by atoms with E-state index >= 15 is 0 Å². The van der Waals surface area contributed by atoms with Crippen molar-refractivity contribution < 1.29 is 14.6 Å². The molecule has 1 atom stereocenters. The van der Waals surface area contributed by atoms with Crippen molar-refractivity contribution in [3.63, 3.8) is 0 Å². The summed E-state index contributed by atoms with van der Waals surface area (Å²) in [5.41, 5.74) is 3.44. The van der Waals surface area contributed by atoms with Gasteiger partial charge in [0.25, 0.3) is 0 Å². The third-order valence-corrected chi connectivity index (χ3v) is 8.17. The molecule has 4 rings (SSSR count). The number of aromatic nitrogens is 2. The monoisotopic (exact) mass is 549 g/mol. The molecule has 38 heavy (non-hydrogen) atoms. The summed E-state index contributed by atoms with van der Waals surface area (Å²) >= 11 is 7.79. The van der Waals surface area contributed by atoms with Crippen LogP contribution in [0, 0.1) is 0 Å². The van der Waals surface area contributed by atoms with Gasteiger partial charge < -0.3 is 19.5 Å². The standard InChI is InChI=1S/C30H32ClN3O3S/c1-36-28(37-2)21-34(27-18-19-32-29(31)33-27)20-26(35)22-38-30(23-12-6-3-7-13-23,24-14-8-4-9-15-24)25-16-10-5-11-17-25/h3-19,26,28,35H,20-22H2,1-2H3. The molecular formula is C30H32ClN3O3S. The number of halogens is 1. The second-order valence-corrected chi connectivity index (χ2v) is 10.3. The predicted octanol–water partition coefficient (Wildman–Crippen LogP) is 5.64. The molecule has 0 spiro atoms. The van der Waals surface area contributed by atoms with Crippen molar-refractivity contribution >= 4 is 29.2 Å². The number of nitrogens with zero attached hydrogens (tertiary/aromatic N) is 3. The highest BCUT2D eigenvalue weighted by Gasteiger charge is 2.37. The Morgan fingerprint density at radius 3 is 1.76 bits per heavy atom. The molecule has 0 bridgehead atoms. The molecule has 0 radical (unpaired) electrons.